The van der Waals surface area contributed by atoms with Crippen molar-refractivity contribution in [2.24, 2.45) is 10.2 Å². The van der Waals surface area contributed by atoms with E-state index >= 15 is 0 Å². The van der Waals surface area contributed by atoms with E-state index in [2.05, 4.69) is 15.5 Å². The number of nitrogens with one attached hydrogen (secondary N) is 1. The first-order valence-corrected chi connectivity index (χ1v) is 11.9. The maximum atomic E-state index is 13.0. The summed E-state index contributed by atoms with van der Waals surface area (Å²) in [7, 11) is 0. The topological polar surface area (TPSA) is 108 Å². The minimum Gasteiger partial charge on any atom is -0.492 e. The van der Waals surface area contributed by atoms with E-state index in [1.165, 1.54) is 13.0 Å². The summed E-state index contributed by atoms with van der Waals surface area (Å²) in [6.45, 7) is 9.94. The molecule has 0 spiro atoms. The molecule has 1 unspecified atom stereocenters. The number of carbonyl (C=O) groups excluding carboxylic acids is 2. The Morgan fingerprint density at radius 2 is 1.40 bits per heavy atom. The normalized spacial score (nSPS) is 11.7. The summed E-state index contributed by atoms with van der Waals surface area (Å²) < 4.78 is 22.1. The van der Waals surface area contributed by atoms with E-state index < -0.39 is 17.7 Å². The molecule has 1 atom stereocenters. The van der Waals surface area contributed by atoms with E-state index in [9.17, 15) is 9.59 Å². The van der Waals surface area contributed by atoms with Crippen LogP contribution in [-0.2, 0) is 9.59 Å². The molecule has 11 heteroatoms. The van der Waals surface area contributed by atoms with Gasteiger partial charge in [0, 0.05) is 6.07 Å². The number of nitrogens with zero attached hydrogens (tertiary/aromatic N) is 2. The Balaban J connectivity index is 2.39. The Labute approximate surface area is 214 Å². The van der Waals surface area contributed by atoms with E-state index in [1.54, 1.807) is 32.0 Å². The fourth-order valence-electron chi connectivity index (χ4n) is 2.97. The lowest BCUT2D eigenvalue weighted by atomic mass is 10.2. The van der Waals surface area contributed by atoms with Gasteiger partial charge < -0.3 is 24.3 Å². The summed E-state index contributed by atoms with van der Waals surface area (Å²) in [6.07, 6.45) is 0. The second-order valence-electron chi connectivity index (χ2n) is 6.95. The van der Waals surface area contributed by atoms with Crippen molar-refractivity contribution < 1.29 is 28.5 Å². The van der Waals surface area contributed by atoms with Crippen LogP contribution in [-0.4, -0.2) is 44.2 Å². The first kappa shape index (κ1) is 28.2. The number of hydrogen-bond donors (Lipinski definition) is 1. The van der Waals surface area contributed by atoms with Gasteiger partial charge in [-0.15, -0.1) is 5.11 Å². The molecule has 2 rings (SSSR count). The molecule has 0 aliphatic carbocycles. The molecule has 0 radical (unpaired) electrons. The smallest absolute Gasteiger partial charge is 0.258 e. The van der Waals surface area contributed by atoms with Crippen LogP contribution in [0.15, 0.2) is 34.5 Å². The molecule has 2 aromatic rings. The molecule has 0 saturated heterocycles. The van der Waals surface area contributed by atoms with Crippen LogP contribution in [0.4, 0.5) is 11.4 Å². The molecule has 0 fully saturated rings. The number of anilines is 1. The van der Waals surface area contributed by atoms with Crippen molar-refractivity contribution >= 4 is 46.3 Å². The molecule has 0 bridgehead atoms. The number of ether oxygens (including phenoxy) is 4. The Morgan fingerprint density at radius 1 is 0.857 bits per heavy atom. The minimum absolute atomic E-state index is 0.151. The van der Waals surface area contributed by atoms with Gasteiger partial charge in [0.15, 0.2) is 5.78 Å². The monoisotopic (exact) mass is 525 g/mol. The highest BCUT2D eigenvalue weighted by atomic mass is 35.5. The van der Waals surface area contributed by atoms with Gasteiger partial charge >= 0.3 is 0 Å². The molecule has 0 aliphatic heterocycles. The second kappa shape index (κ2) is 13.7. The van der Waals surface area contributed by atoms with E-state index in [0.717, 1.165) is 0 Å². The Hall–Kier alpha value is -3.04. The van der Waals surface area contributed by atoms with Crippen LogP contribution in [0, 0.1) is 0 Å². The molecular formula is C24H29Cl2N3O6. The SMILES string of the molecule is CCOc1cc(OCC)c(NC(=O)C(N=Nc2c(OCC)ccc(OCC)c2Cl)C(C)=O)cc1Cl. The maximum Gasteiger partial charge on any atom is 0.258 e. The number of carbonyl (C=O) groups is 2. The van der Waals surface area contributed by atoms with Crippen molar-refractivity contribution in [1.29, 1.82) is 0 Å². The number of rotatable bonds is 13. The van der Waals surface area contributed by atoms with Crippen LogP contribution < -0.4 is 24.3 Å². The van der Waals surface area contributed by atoms with Gasteiger partial charge in [0.05, 0.1) is 37.1 Å². The standard InChI is InChI=1S/C24H29Cl2N3O6/c1-6-32-17-10-11-18(33-7-2)23(21(17)26)29-28-22(14(5)30)24(31)27-16-12-15(25)19(34-8-3)13-20(16)35-9-4/h10-13,22H,6-9H2,1-5H3,(H,27,31). The highest BCUT2D eigenvalue weighted by Crippen LogP contribution is 2.42. The molecule has 1 amide bonds. The van der Waals surface area contributed by atoms with Gasteiger partial charge in [-0.2, -0.15) is 5.11 Å². The predicted molar refractivity (Wildman–Crippen MR) is 135 cm³/mol. The highest BCUT2D eigenvalue weighted by Gasteiger charge is 2.26. The number of ketones is 1. The molecule has 2 aromatic carbocycles. The van der Waals surface area contributed by atoms with Gasteiger partial charge in [0.1, 0.15) is 33.7 Å². The van der Waals surface area contributed by atoms with Crippen molar-refractivity contribution in [3.63, 3.8) is 0 Å². The zero-order valence-corrected chi connectivity index (χ0v) is 21.8. The molecular weight excluding hydrogens is 497 g/mol. The zero-order valence-electron chi connectivity index (χ0n) is 20.3. The number of Topliss-reactive ketones (excluding diaryl/α,β-unsaturated/α-hetero) is 1. The van der Waals surface area contributed by atoms with E-state index in [4.69, 9.17) is 42.1 Å². The first-order chi connectivity index (χ1) is 16.8. The number of amides is 1. The van der Waals surface area contributed by atoms with Crippen LogP contribution in [0.1, 0.15) is 34.6 Å². The van der Waals surface area contributed by atoms with Crippen molar-refractivity contribution in [1.82, 2.24) is 0 Å². The van der Waals surface area contributed by atoms with Crippen molar-refractivity contribution in [2.45, 2.75) is 40.7 Å². The van der Waals surface area contributed by atoms with E-state index in [1.807, 2.05) is 13.8 Å². The van der Waals surface area contributed by atoms with Gasteiger partial charge in [-0.3, -0.25) is 9.59 Å². The molecule has 1 N–H and O–H groups in total. The molecule has 35 heavy (non-hydrogen) atoms. The van der Waals surface area contributed by atoms with Gasteiger partial charge in [-0.05, 0) is 52.8 Å². The van der Waals surface area contributed by atoms with Gasteiger partial charge in [0.25, 0.3) is 5.91 Å². The lowest BCUT2D eigenvalue weighted by Crippen LogP contribution is -2.32. The van der Waals surface area contributed by atoms with Crippen molar-refractivity contribution in [2.75, 3.05) is 31.7 Å². The van der Waals surface area contributed by atoms with Crippen LogP contribution in [0.3, 0.4) is 0 Å². The lowest BCUT2D eigenvalue weighted by molar-refractivity contribution is -0.126. The fourth-order valence-corrected chi connectivity index (χ4v) is 3.44. The summed E-state index contributed by atoms with van der Waals surface area (Å²) in [5, 5.41) is 11.1. The molecule has 0 aromatic heterocycles. The quantitative estimate of drug-likeness (QED) is 0.244. The summed E-state index contributed by atoms with van der Waals surface area (Å²) in [5.41, 5.74) is 0.413. The average molecular weight is 526 g/mol. The second-order valence-corrected chi connectivity index (χ2v) is 7.74. The van der Waals surface area contributed by atoms with E-state index in [-0.39, 0.29) is 21.4 Å². The van der Waals surface area contributed by atoms with Gasteiger partial charge in [-0.25, -0.2) is 0 Å². The third kappa shape index (κ3) is 7.47. The molecule has 0 heterocycles. The maximum absolute atomic E-state index is 13.0. The summed E-state index contributed by atoms with van der Waals surface area (Å²) in [4.78, 5) is 25.3. The van der Waals surface area contributed by atoms with Crippen LogP contribution in [0.2, 0.25) is 10.0 Å². The zero-order chi connectivity index (χ0) is 26.0. The van der Waals surface area contributed by atoms with Crippen molar-refractivity contribution in [3.05, 3.63) is 34.3 Å². The summed E-state index contributed by atoms with van der Waals surface area (Å²) in [6, 6.07) is 4.88. The number of halogens is 2. The predicted octanol–water partition coefficient (Wildman–Crippen LogP) is 6.27. The largest absolute Gasteiger partial charge is 0.492 e. The fraction of sp³-hybridized carbons (Fsp3) is 0.417. The third-order valence-corrected chi connectivity index (χ3v) is 5.10. The Bertz CT molecular complexity index is 1080. The average Bonchev–Trinajstić information content (AvgIpc) is 2.80. The Kier molecular flexibility index (Phi) is 11.1. The number of azo groups is 1. The first-order valence-electron chi connectivity index (χ1n) is 11.2. The van der Waals surface area contributed by atoms with Crippen molar-refractivity contribution in [3.8, 4) is 23.0 Å². The summed E-state index contributed by atoms with van der Waals surface area (Å²) in [5.74, 6) is 0.198. The van der Waals surface area contributed by atoms with E-state index in [0.29, 0.717) is 49.4 Å². The third-order valence-electron chi connectivity index (χ3n) is 4.44. The van der Waals surface area contributed by atoms with Gasteiger partial charge in [0.2, 0.25) is 6.04 Å². The minimum atomic E-state index is -1.46. The number of hydrogen-bond acceptors (Lipinski definition) is 8. The highest BCUT2D eigenvalue weighted by molar-refractivity contribution is 6.34. The molecule has 9 nitrogen and oxygen atoms in total. The number of benzene rings is 2. The molecule has 0 aliphatic rings. The molecule has 190 valence electrons. The van der Waals surface area contributed by atoms with Gasteiger partial charge in [-0.1, -0.05) is 23.2 Å². The molecule has 0 saturated carbocycles. The lowest BCUT2D eigenvalue weighted by Gasteiger charge is -2.16. The van der Waals surface area contributed by atoms with Crippen LogP contribution in [0.5, 0.6) is 23.0 Å². The van der Waals surface area contributed by atoms with Crippen LogP contribution in [0.25, 0.3) is 0 Å². The summed E-state index contributed by atoms with van der Waals surface area (Å²) >= 11 is 12.7. The van der Waals surface area contributed by atoms with Crippen LogP contribution >= 0.6 is 23.2 Å². The Morgan fingerprint density at radius 3 is 2.00 bits per heavy atom.